The van der Waals surface area contributed by atoms with Gasteiger partial charge >= 0.3 is 12.2 Å². The van der Waals surface area contributed by atoms with E-state index >= 15 is 0 Å². The minimum absolute atomic E-state index is 0.163. The molecular weight excluding hydrogens is 1070 g/mol. The second-order valence-corrected chi connectivity index (χ2v) is 34.9. The van der Waals surface area contributed by atoms with Gasteiger partial charge in [-0.3, -0.25) is 0 Å². The summed E-state index contributed by atoms with van der Waals surface area (Å²) in [7, 11) is -7.31. The number of aliphatic hydroxyl groups excluding tert-OH is 3. The van der Waals surface area contributed by atoms with Crippen LogP contribution in [0.25, 0.3) is 0 Å². The van der Waals surface area contributed by atoms with Crippen molar-refractivity contribution >= 4 is 32.2 Å². The smallest absolute Gasteiger partial charge is 0.420 e. The lowest BCUT2D eigenvalue weighted by atomic mass is 9.41. The maximum atomic E-state index is 12.5. The fourth-order valence-electron chi connectivity index (χ4n) is 22.8. The summed E-state index contributed by atoms with van der Waals surface area (Å²) < 4.78 is 65.0. The third-order valence-electron chi connectivity index (χ3n) is 27.1. The van der Waals surface area contributed by atoms with E-state index in [9.17, 15) is 41.7 Å². The van der Waals surface area contributed by atoms with Crippen LogP contribution in [-0.2, 0) is 29.5 Å². The SMILES string of the molecule is CC[C@H]1[C@@H](O)[C@@H]2[C@H](CC[C@]3(C)[C@@H]([C@H](C)CCCOC(=O)NS(=O)(=O)C4CCCCC4)CC[C@@H]23)[C@@]2(C)CC[C@@H](C)C[C@@H]12.CC[C@H]1[C@@H](O)[C@@H]2[C@H](CC[C@]3(C)[C@@H]([C@H](C)CCCOC(=O)NS(=O)(=O)C4CCCCC4)CC[C@@H]23)[C@@]2(C)CC[C@@H](O)C[C@@H]12. The summed E-state index contributed by atoms with van der Waals surface area (Å²) in [5.41, 5.74) is 1.07. The van der Waals surface area contributed by atoms with Gasteiger partial charge < -0.3 is 24.8 Å². The highest BCUT2D eigenvalue weighted by Crippen LogP contribution is 2.72. The molecule has 0 aromatic rings. The molecule has 0 aromatic heterocycles. The van der Waals surface area contributed by atoms with Crippen molar-refractivity contribution in [3.8, 4) is 0 Å². The van der Waals surface area contributed by atoms with Crippen molar-refractivity contribution < 1.29 is 51.2 Å². The number of hydrogen-bond donors (Lipinski definition) is 5. The highest BCUT2D eigenvalue weighted by atomic mass is 32.2. The Morgan fingerprint density at radius 3 is 1.29 bits per heavy atom. The Hall–Kier alpha value is -1.68. The van der Waals surface area contributed by atoms with Gasteiger partial charge in [0.25, 0.3) is 0 Å². The van der Waals surface area contributed by atoms with Crippen LogP contribution in [-0.4, -0.2) is 86.4 Å². The molecule has 0 heterocycles. The van der Waals surface area contributed by atoms with Crippen molar-refractivity contribution in [3.05, 3.63) is 0 Å². The monoisotopic (exact) mass is 1190 g/mol. The topological polar surface area (TPSA) is 206 Å². The number of ether oxygens (including phenoxy) is 2. The molecule has 22 atom stereocenters. The van der Waals surface area contributed by atoms with Gasteiger partial charge in [0.1, 0.15) is 0 Å². The molecule has 10 rings (SSSR count). The summed E-state index contributed by atoms with van der Waals surface area (Å²) in [6.07, 6.45) is 27.9. The first-order valence-electron chi connectivity index (χ1n) is 34.2. The molecule has 5 N–H and O–H groups in total. The molecule has 82 heavy (non-hydrogen) atoms. The molecule has 10 saturated carbocycles. The summed E-state index contributed by atoms with van der Waals surface area (Å²) in [4.78, 5) is 24.5. The van der Waals surface area contributed by atoms with Crippen molar-refractivity contribution in [2.75, 3.05) is 13.2 Å². The quantitative estimate of drug-likeness (QED) is 0.0919. The molecule has 13 nitrogen and oxygen atoms in total. The van der Waals surface area contributed by atoms with Crippen LogP contribution in [0.4, 0.5) is 9.59 Å². The van der Waals surface area contributed by atoms with Crippen molar-refractivity contribution in [2.45, 2.75) is 284 Å². The molecule has 2 amide bonds. The first-order valence-corrected chi connectivity index (χ1v) is 37.3. The maximum Gasteiger partial charge on any atom is 0.420 e. The second kappa shape index (κ2) is 26.2. The molecule has 10 aliphatic rings. The molecule has 0 bridgehead atoms. The zero-order chi connectivity index (χ0) is 59.2. The van der Waals surface area contributed by atoms with Gasteiger partial charge in [-0.15, -0.1) is 0 Å². The summed E-state index contributed by atoms with van der Waals surface area (Å²) in [5.74, 6) is 7.91. The minimum atomic E-state index is -3.66. The predicted molar refractivity (Wildman–Crippen MR) is 324 cm³/mol. The number of sulfonamides is 2. The molecule has 10 aliphatic carbocycles. The second-order valence-electron chi connectivity index (χ2n) is 31.0. The maximum absolute atomic E-state index is 12.5. The van der Waals surface area contributed by atoms with Gasteiger partial charge in [0.2, 0.25) is 20.0 Å². The van der Waals surface area contributed by atoms with Gasteiger partial charge in [0, 0.05) is 0 Å². The van der Waals surface area contributed by atoms with Crippen LogP contribution in [0.5, 0.6) is 0 Å². The third kappa shape index (κ3) is 12.7. The zero-order valence-electron chi connectivity index (χ0n) is 52.6. The molecule has 0 aromatic carbocycles. The van der Waals surface area contributed by atoms with Crippen molar-refractivity contribution in [2.24, 2.45) is 110 Å². The average Bonchev–Trinajstić information content (AvgIpc) is 1.40. The van der Waals surface area contributed by atoms with Crippen LogP contribution in [0.3, 0.4) is 0 Å². The Balaban J connectivity index is 0.000000198. The van der Waals surface area contributed by atoms with E-state index in [4.69, 9.17) is 9.47 Å². The third-order valence-corrected chi connectivity index (χ3v) is 30.7. The van der Waals surface area contributed by atoms with E-state index in [2.05, 4.69) is 71.8 Å². The summed E-state index contributed by atoms with van der Waals surface area (Å²) in [6.45, 7) is 22.3. The summed E-state index contributed by atoms with van der Waals surface area (Å²) in [5, 5.41) is 33.5. The van der Waals surface area contributed by atoms with E-state index in [1.165, 1.54) is 70.6 Å². The lowest BCUT2D eigenvalue weighted by molar-refractivity contribution is -0.203. The average molecular weight is 1190 g/mol. The van der Waals surface area contributed by atoms with Gasteiger partial charge in [-0.05, 0) is 245 Å². The highest BCUT2D eigenvalue weighted by Gasteiger charge is 2.67. The van der Waals surface area contributed by atoms with E-state index in [1.807, 2.05) is 0 Å². The van der Waals surface area contributed by atoms with Gasteiger partial charge in [-0.2, -0.15) is 0 Å². The van der Waals surface area contributed by atoms with Crippen LogP contribution >= 0.6 is 0 Å². The van der Waals surface area contributed by atoms with Gasteiger partial charge in [0.15, 0.2) is 0 Å². The standard InChI is InChI=1S/C34H59NO5S.C33H57NO6S/c1-6-25-29-21-22(2)16-18-34(29,5)28-17-19-33(4)26(14-15-27(33)30(28)31(25)36)23(3)11-10-20-40-32(37)35-41(38,39)24-12-8-7-9-13-24;1-5-24-28-20-22(35)15-17-33(28,4)27-16-18-32(3)25(13-14-26(32)29(27)30(24)36)21(2)10-9-19-40-31(37)34-41(38,39)23-11-7-6-8-12-23/h22-31,36H,6-21H2,1-5H3,(H,35,37);21-30,35-36H,5-20H2,1-4H3,(H,34,37)/t22-,23-,25-,26-,27+,28+,29+,30+,31-,33-,34-;21-,22-,24-,25-,26+,27+,28+,29+,30-,32-,33-/m11/s1. The molecular formula is C67H116N2O11S2. The summed E-state index contributed by atoms with van der Waals surface area (Å²) >= 11 is 0. The normalized spacial score (nSPS) is 43.9. The Morgan fingerprint density at radius 1 is 0.500 bits per heavy atom. The van der Waals surface area contributed by atoms with Crippen molar-refractivity contribution in [3.63, 3.8) is 0 Å². The highest BCUT2D eigenvalue weighted by molar-refractivity contribution is 7.90. The van der Waals surface area contributed by atoms with Gasteiger partial charge in [-0.25, -0.2) is 35.9 Å². The van der Waals surface area contributed by atoms with Crippen molar-refractivity contribution in [1.82, 2.24) is 9.44 Å². The number of nitrogens with one attached hydrogen (secondary N) is 2. The van der Waals surface area contributed by atoms with E-state index in [0.29, 0.717) is 108 Å². The Bertz CT molecular complexity index is 2220. The fourth-order valence-corrected chi connectivity index (χ4v) is 25.7. The predicted octanol–water partition coefficient (Wildman–Crippen LogP) is 14.1. The number of hydrogen-bond acceptors (Lipinski definition) is 11. The fraction of sp³-hybridized carbons (Fsp3) is 0.970. The van der Waals surface area contributed by atoms with E-state index in [-0.39, 0.29) is 53.7 Å². The van der Waals surface area contributed by atoms with Crippen LogP contribution in [0, 0.1) is 110 Å². The molecule has 0 unspecified atom stereocenters. The molecule has 0 radical (unpaired) electrons. The minimum Gasteiger partial charge on any atom is -0.449 e. The molecule has 15 heteroatoms. The number of fused-ring (bicyclic) bond motifs is 10. The van der Waals surface area contributed by atoms with Crippen LogP contribution in [0.1, 0.15) is 255 Å². The first-order chi connectivity index (χ1) is 38.8. The zero-order valence-corrected chi connectivity index (χ0v) is 54.2. The summed E-state index contributed by atoms with van der Waals surface area (Å²) in [6, 6.07) is 0. The first kappa shape index (κ1) is 64.8. The van der Waals surface area contributed by atoms with Crippen LogP contribution in [0.2, 0.25) is 0 Å². The lowest BCUT2D eigenvalue weighted by Crippen LogP contribution is -2.62. The largest absolute Gasteiger partial charge is 0.449 e. The lowest BCUT2D eigenvalue weighted by Gasteiger charge is -2.65. The number of carbonyl (C=O) groups is 2. The number of amides is 2. The van der Waals surface area contributed by atoms with Crippen LogP contribution in [0.15, 0.2) is 0 Å². The van der Waals surface area contributed by atoms with Crippen LogP contribution < -0.4 is 9.44 Å². The number of carbonyl (C=O) groups excluding carboxylic acids is 2. The molecule has 0 aliphatic heterocycles. The molecule has 472 valence electrons. The Morgan fingerprint density at radius 2 is 0.878 bits per heavy atom. The van der Waals surface area contributed by atoms with Crippen molar-refractivity contribution in [1.29, 1.82) is 0 Å². The van der Waals surface area contributed by atoms with Gasteiger partial charge in [0.05, 0.1) is 42.0 Å². The van der Waals surface area contributed by atoms with E-state index in [1.54, 1.807) is 0 Å². The molecule has 0 saturated heterocycles. The molecule has 10 fully saturated rings. The Labute approximate surface area is 497 Å². The number of rotatable bonds is 16. The van der Waals surface area contributed by atoms with E-state index < -0.39 is 42.7 Å². The van der Waals surface area contributed by atoms with E-state index in [0.717, 1.165) is 102 Å². The number of aliphatic hydroxyl groups is 3. The molecule has 0 spiro atoms. The Kier molecular flexibility index (Phi) is 20.7. The van der Waals surface area contributed by atoms with Gasteiger partial charge in [-0.1, -0.05) is 120 Å².